The van der Waals surface area contributed by atoms with E-state index in [4.69, 9.17) is 4.98 Å². The van der Waals surface area contributed by atoms with Crippen molar-refractivity contribution in [1.82, 2.24) is 25.4 Å². The van der Waals surface area contributed by atoms with Crippen molar-refractivity contribution in [2.75, 3.05) is 13.1 Å². The van der Waals surface area contributed by atoms with Crippen molar-refractivity contribution in [2.45, 2.75) is 18.9 Å². The molecule has 1 aromatic carbocycles. The minimum absolute atomic E-state index is 0. The number of aromatic nitrogens is 3. The lowest BCUT2D eigenvalue weighted by atomic mass is 9.90. The average molecular weight is 418 g/mol. The Morgan fingerprint density at radius 3 is 2.82 bits per heavy atom. The number of carbonyl (C=O) groups excluding carboxylic acids is 1. The average Bonchev–Trinajstić information content (AvgIpc) is 3.42. The highest BCUT2D eigenvalue weighted by Gasteiger charge is 2.35. The molecule has 148 valence electrons. The van der Waals surface area contributed by atoms with Gasteiger partial charge in [-0.25, -0.2) is 4.98 Å². The summed E-state index contributed by atoms with van der Waals surface area (Å²) in [5.41, 5.74) is 3.15. The van der Waals surface area contributed by atoms with Gasteiger partial charge in [-0.05, 0) is 12.5 Å². The molecular formula is C20H24ClN5OS. The lowest BCUT2D eigenvalue weighted by molar-refractivity contribution is -0.125. The Morgan fingerprint density at radius 2 is 2.11 bits per heavy atom. The van der Waals surface area contributed by atoms with E-state index in [1.54, 1.807) is 16.0 Å². The van der Waals surface area contributed by atoms with Gasteiger partial charge in [0.25, 0.3) is 0 Å². The van der Waals surface area contributed by atoms with Crippen LogP contribution in [0.1, 0.15) is 29.5 Å². The fourth-order valence-corrected chi connectivity index (χ4v) is 4.38. The fraction of sp³-hybridized carbons (Fsp3) is 0.350. The van der Waals surface area contributed by atoms with Gasteiger partial charge in [-0.1, -0.05) is 30.3 Å². The van der Waals surface area contributed by atoms with Crippen LogP contribution >= 0.6 is 23.7 Å². The molecule has 4 rings (SSSR count). The molecule has 1 aliphatic rings. The van der Waals surface area contributed by atoms with Gasteiger partial charge in [-0.15, -0.1) is 23.7 Å². The molecule has 8 heteroatoms. The molecule has 1 amide bonds. The first-order chi connectivity index (χ1) is 13.1. The third-order valence-electron chi connectivity index (χ3n) is 5.02. The zero-order valence-corrected chi connectivity index (χ0v) is 17.5. The summed E-state index contributed by atoms with van der Waals surface area (Å²) in [4.78, 5) is 17.6. The predicted molar refractivity (Wildman–Crippen MR) is 114 cm³/mol. The predicted octanol–water partition coefficient (Wildman–Crippen LogP) is 3.15. The maximum Gasteiger partial charge on any atom is 0.225 e. The van der Waals surface area contributed by atoms with Gasteiger partial charge < -0.3 is 10.6 Å². The van der Waals surface area contributed by atoms with E-state index in [0.717, 1.165) is 28.4 Å². The van der Waals surface area contributed by atoms with E-state index in [9.17, 15) is 4.79 Å². The van der Waals surface area contributed by atoms with Crippen LogP contribution in [0, 0.1) is 5.92 Å². The minimum atomic E-state index is -0.116. The van der Waals surface area contributed by atoms with Gasteiger partial charge in [0.05, 0.1) is 23.9 Å². The van der Waals surface area contributed by atoms with Crippen LogP contribution in [-0.4, -0.2) is 33.8 Å². The number of aryl methyl sites for hydroxylation is 1. The van der Waals surface area contributed by atoms with E-state index < -0.39 is 0 Å². The summed E-state index contributed by atoms with van der Waals surface area (Å²) in [5, 5.41) is 13.7. The number of hydrogen-bond acceptors (Lipinski definition) is 5. The van der Waals surface area contributed by atoms with E-state index in [0.29, 0.717) is 6.54 Å². The second kappa shape index (κ2) is 8.86. The van der Waals surface area contributed by atoms with Gasteiger partial charge in [0.2, 0.25) is 5.91 Å². The number of benzene rings is 1. The van der Waals surface area contributed by atoms with E-state index in [1.165, 1.54) is 0 Å². The summed E-state index contributed by atoms with van der Waals surface area (Å²) in [6.45, 7) is 3.48. The highest BCUT2D eigenvalue weighted by atomic mass is 35.5. The molecule has 3 heterocycles. The van der Waals surface area contributed by atoms with Crippen molar-refractivity contribution in [3.8, 4) is 11.3 Å². The summed E-state index contributed by atoms with van der Waals surface area (Å²) >= 11 is 1.58. The number of nitrogens with zero attached hydrogens (tertiary/aromatic N) is 3. The maximum atomic E-state index is 12.9. The SMILES string of the molecule is CC(NC(=O)[C@H]1CNC[C@@H]1c1cnn(C)c1)c1nc(-c2ccccc2)cs1.Cl. The molecule has 28 heavy (non-hydrogen) atoms. The van der Waals surface area contributed by atoms with Crippen LogP contribution in [0.25, 0.3) is 11.3 Å². The van der Waals surface area contributed by atoms with Gasteiger partial charge >= 0.3 is 0 Å². The smallest absolute Gasteiger partial charge is 0.225 e. The number of halogens is 1. The highest BCUT2D eigenvalue weighted by Crippen LogP contribution is 2.30. The van der Waals surface area contributed by atoms with Crippen molar-refractivity contribution < 1.29 is 4.79 Å². The van der Waals surface area contributed by atoms with Gasteiger partial charge in [-0.3, -0.25) is 9.48 Å². The largest absolute Gasteiger partial charge is 0.347 e. The third kappa shape index (κ3) is 4.27. The molecule has 1 saturated heterocycles. The standard InChI is InChI=1S/C20H23N5OS.ClH/c1-13(20-24-18(12-27-20)14-6-4-3-5-7-14)23-19(26)17-10-21-9-16(17)15-8-22-25(2)11-15;/h3-8,11-13,16-17,21H,9-10H2,1-2H3,(H,23,26);1H/t13?,16-,17+;/m1./s1. The number of amides is 1. The second-order valence-electron chi connectivity index (χ2n) is 6.99. The minimum Gasteiger partial charge on any atom is -0.347 e. The lowest BCUT2D eigenvalue weighted by Gasteiger charge is -2.19. The van der Waals surface area contributed by atoms with Crippen molar-refractivity contribution in [1.29, 1.82) is 0 Å². The van der Waals surface area contributed by atoms with Crippen LogP contribution in [0.2, 0.25) is 0 Å². The molecule has 0 saturated carbocycles. The molecule has 0 aliphatic carbocycles. The first-order valence-electron chi connectivity index (χ1n) is 9.12. The second-order valence-corrected chi connectivity index (χ2v) is 7.88. The monoisotopic (exact) mass is 417 g/mol. The zero-order valence-electron chi connectivity index (χ0n) is 15.8. The number of thiazole rings is 1. The molecule has 3 atom stereocenters. The molecule has 0 radical (unpaired) electrons. The molecular weight excluding hydrogens is 394 g/mol. The summed E-state index contributed by atoms with van der Waals surface area (Å²) in [7, 11) is 1.90. The molecule has 6 nitrogen and oxygen atoms in total. The zero-order chi connectivity index (χ0) is 18.8. The summed E-state index contributed by atoms with van der Waals surface area (Å²) in [5.74, 6) is 0.130. The Morgan fingerprint density at radius 1 is 1.32 bits per heavy atom. The van der Waals surface area contributed by atoms with Crippen molar-refractivity contribution in [2.24, 2.45) is 13.0 Å². The summed E-state index contributed by atoms with van der Waals surface area (Å²) < 4.78 is 1.78. The van der Waals surface area contributed by atoms with Crippen LogP contribution in [-0.2, 0) is 11.8 Å². The molecule has 1 fully saturated rings. The Kier molecular flexibility index (Phi) is 6.49. The Balaban J connectivity index is 0.00000225. The third-order valence-corrected chi connectivity index (χ3v) is 6.05. The van der Waals surface area contributed by atoms with Gasteiger partial charge in [-0.2, -0.15) is 5.10 Å². The van der Waals surface area contributed by atoms with E-state index >= 15 is 0 Å². The first-order valence-corrected chi connectivity index (χ1v) is 10.0. The fourth-order valence-electron chi connectivity index (χ4n) is 3.55. The van der Waals surface area contributed by atoms with Crippen LogP contribution in [0.5, 0.6) is 0 Å². The number of nitrogens with one attached hydrogen (secondary N) is 2. The molecule has 0 bridgehead atoms. The van der Waals surface area contributed by atoms with Crippen LogP contribution in [0.3, 0.4) is 0 Å². The molecule has 2 N–H and O–H groups in total. The Labute approximate surface area is 174 Å². The number of hydrogen-bond donors (Lipinski definition) is 2. The van der Waals surface area contributed by atoms with Crippen LogP contribution in [0.15, 0.2) is 48.1 Å². The van der Waals surface area contributed by atoms with E-state index in [2.05, 4.69) is 15.7 Å². The quantitative estimate of drug-likeness (QED) is 0.669. The molecule has 3 aromatic rings. The van der Waals surface area contributed by atoms with Crippen molar-refractivity contribution in [3.63, 3.8) is 0 Å². The summed E-state index contributed by atoms with van der Waals surface area (Å²) in [6.07, 6.45) is 3.85. The van der Waals surface area contributed by atoms with Gasteiger partial charge in [0, 0.05) is 43.2 Å². The molecule has 0 spiro atoms. The van der Waals surface area contributed by atoms with Gasteiger partial charge in [0.15, 0.2) is 0 Å². The van der Waals surface area contributed by atoms with E-state index in [1.807, 2.05) is 62.1 Å². The van der Waals surface area contributed by atoms with Crippen molar-refractivity contribution in [3.05, 3.63) is 58.7 Å². The van der Waals surface area contributed by atoms with Gasteiger partial charge in [0.1, 0.15) is 5.01 Å². The molecule has 2 aromatic heterocycles. The summed E-state index contributed by atoms with van der Waals surface area (Å²) in [6, 6.07) is 9.98. The lowest BCUT2D eigenvalue weighted by Crippen LogP contribution is -2.35. The van der Waals surface area contributed by atoms with Crippen molar-refractivity contribution >= 4 is 29.7 Å². The molecule has 1 unspecified atom stereocenters. The Bertz CT molecular complexity index is 926. The molecule has 1 aliphatic heterocycles. The normalized spacial score (nSPS) is 19.8. The topological polar surface area (TPSA) is 71.8 Å². The van der Waals surface area contributed by atoms with Crippen LogP contribution < -0.4 is 10.6 Å². The van der Waals surface area contributed by atoms with E-state index in [-0.39, 0.29) is 36.2 Å². The number of rotatable bonds is 5. The first kappa shape index (κ1) is 20.5. The maximum absolute atomic E-state index is 12.9. The van der Waals surface area contributed by atoms with Crippen LogP contribution in [0.4, 0.5) is 0 Å². The Hall–Kier alpha value is -2.22. The highest BCUT2D eigenvalue weighted by molar-refractivity contribution is 7.10. The number of carbonyl (C=O) groups is 1.